The fourth-order valence-electron chi connectivity index (χ4n) is 3.77. The first kappa shape index (κ1) is 23.4. The Morgan fingerprint density at radius 3 is 1.31 bits per heavy atom. The molecule has 0 saturated carbocycles. The Morgan fingerprint density at radius 1 is 0.531 bits per heavy atom. The fraction of sp³-hybridized carbons (Fsp3) is 0.280. The summed E-state index contributed by atoms with van der Waals surface area (Å²) in [5.41, 5.74) is 2.63. The van der Waals surface area contributed by atoms with Crippen molar-refractivity contribution in [1.82, 2.24) is 0 Å². The molecule has 0 saturated heterocycles. The van der Waals surface area contributed by atoms with Gasteiger partial charge in [0.15, 0.2) is 23.0 Å². The lowest BCUT2D eigenvalue weighted by atomic mass is 9.83. The molecule has 32 heavy (non-hydrogen) atoms. The average molecular weight is 459 g/mol. The third kappa shape index (κ3) is 4.50. The van der Waals surface area contributed by atoms with Gasteiger partial charge in [-0.15, -0.1) is 0 Å². The lowest BCUT2D eigenvalue weighted by Gasteiger charge is -2.25. The lowest BCUT2D eigenvalue weighted by Crippen LogP contribution is -2.09. The second-order valence-electron chi connectivity index (χ2n) is 6.89. The molecule has 0 amide bonds. The maximum absolute atomic E-state index is 6.37. The maximum Gasteiger partial charge on any atom is 0.164 e. The number of hydrogen-bond donors (Lipinski definition) is 0. The summed E-state index contributed by atoms with van der Waals surface area (Å²) in [6.07, 6.45) is 0. The topological polar surface area (TPSA) is 55.4 Å². The van der Waals surface area contributed by atoms with E-state index in [1.807, 2.05) is 36.4 Å². The Hall–Kier alpha value is -3.25. The second kappa shape index (κ2) is 10.4. The summed E-state index contributed by atoms with van der Waals surface area (Å²) in [6, 6.07) is 15.1. The number of halogens is 1. The van der Waals surface area contributed by atoms with E-state index >= 15 is 0 Å². The molecular formula is C25H27ClO6. The van der Waals surface area contributed by atoms with Crippen LogP contribution in [-0.4, -0.2) is 42.7 Å². The van der Waals surface area contributed by atoms with Crippen molar-refractivity contribution in [1.29, 1.82) is 0 Å². The number of benzene rings is 3. The molecule has 7 heteroatoms. The Kier molecular flexibility index (Phi) is 7.59. The molecule has 3 rings (SSSR count). The molecule has 0 fully saturated rings. The van der Waals surface area contributed by atoms with Gasteiger partial charge < -0.3 is 28.4 Å². The number of methoxy groups -OCH3 is 6. The first-order valence-corrected chi connectivity index (χ1v) is 10.2. The van der Waals surface area contributed by atoms with E-state index in [-0.39, 0.29) is 5.92 Å². The molecule has 0 heterocycles. The van der Waals surface area contributed by atoms with Gasteiger partial charge in [0.1, 0.15) is 11.5 Å². The molecule has 0 spiro atoms. The normalized spacial score (nSPS) is 10.6. The van der Waals surface area contributed by atoms with Crippen molar-refractivity contribution in [3.8, 4) is 34.5 Å². The molecule has 0 aromatic heterocycles. The van der Waals surface area contributed by atoms with Crippen LogP contribution in [0.2, 0.25) is 5.02 Å². The van der Waals surface area contributed by atoms with Crippen molar-refractivity contribution in [2.45, 2.75) is 5.92 Å². The highest BCUT2D eigenvalue weighted by molar-refractivity contribution is 6.30. The smallest absolute Gasteiger partial charge is 0.164 e. The molecule has 170 valence electrons. The van der Waals surface area contributed by atoms with Crippen molar-refractivity contribution >= 4 is 11.6 Å². The van der Waals surface area contributed by atoms with Gasteiger partial charge in [0.05, 0.1) is 42.7 Å². The van der Waals surface area contributed by atoms with Gasteiger partial charge in [0.2, 0.25) is 0 Å². The molecule has 0 bridgehead atoms. The first-order chi connectivity index (χ1) is 15.5. The summed E-state index contributed by atoms with van der Waals surface area (Å²) in [4.78, 5) is 0. The SMILES string of the molecule is COc1cc(OC)c(C(c2cccc(Cl)c2)c2cc(OC)c(OC)cc2OC)cc1OC. The van der Waals surface area contributed by atoms with Gasteiger partial charge in [-0.25, -0.2) is 0 Å². The molecule has 3 aromatic rings. The first-order valence-electron chi connectivity index (χ1n) is 9.86. The molecule has 0 radical (unpaired) electrons. The lowest BCUT2D eigenvalue weighted by molar-refractivity contribution is 0.345. The van der Waals surface area contributed by atoms with Crippen LogP contribution in [-0.2, 0) is 0 Å². The predicted molar refractivity (Wildman–Crippen MR) is 125 cm³/mol. The standard InChI is InChI=1S/C25H27ClO6/c1-27-19-13-23(31-5)21(29-3)11-17(19)25(15-8-7-9-16(26)10-15)18-12-22(30-4)24(32-6)14-20(18)28-2/h7-14,25H,1-6H3. The highest BCUT2D eigenvalue weighted by Gasteiger charge is 2.28. The quantitative estimate of drug-likeness (QED) is 0.390. The Morgan fingerprint density at radius 2 is 0.938 bits per heavy atom. The van der Waals surface area contributed by atoms with Crippen LogP contribution in [0.4, 0.5) is 0 Å². The van der Waals surface area contributed by atoms with E-state index in [9.17, 15) is 0 Å². The molecule has 0 N–H and O–H groups in total. The maximum atomic E-state index is 6.37. The van der Waals surface area contributed by atoms with Crippen LogP contribution in [0.1, 0.15) is 22.6 Å². The van der Waals surface area contributed by atoms with Gasteiger partial charge in [0.25, 0.3) is 0 Å². The van der Waals surface area contributed by atoms with E-state index in [1.165, 1.54) is 0 Å². The molecule has 3 aromatic carbocycles. The van der Waals surface area contributed by atoms with E-state index in [0.29, 0.717) is 39.5 Å². The third-order valence-electron chi connectivity index (χ3n) is 5.28. The minimum atomic E-state index is -0.321. The van der Waals surface area contributed by atoms with Gasteiger partial charge in [-0.3, -0.25) is 0 Å². The van der Waals surface area contributed by atoms with E-state index in [0.717, 1.165) is 16.7 Å². The summed E-state index contributed by atoms with van der Waals surface area (Å²) in [5, 5.41) is 0.617. The van der Waals surface area contributed by atoms with Gasteiger partial charge in [-0.05, 0) is 29.8 Å². The van der Waals surface area contributed by atoms with Crippen LogP contribution in [0, 0.1) is 0 Å². The van der Waals surface area contributed by atoms with Crippen molar-refractivity contribution in [3.63, 3.8) is 0 Å². The van der Waals surface area contributed by atoms with Gasteiger partial charge >= 0.3 is 0 Å². The molecule has 0 aliphatic heterocycles. The summed E-state index contributed by atoms with van der Waals surface area (Å²) >= 11 is 6.37. The van der Waals surface area contributed by atoms with Crippen LogP contribution in [0.3, 0.4) is 0 Å². The largest absolute Gasteiger partial charge is 0.496 e. The zero-order chi connectivity index (χ0) is 23.3. The van der Waals surface area contributed by atoms with E-state index in [1.54, 1.807) is 54.8 Å². The molecular weight excluding hydrogens is 432 g/mol. The van der Waals surface area contributed by atoms with E-state index < -0.39 is 0 Å². The Labute approximate surface area is 193 Å². The predicted octanol–water partition coefficient (Wildman–Crippen LogP) is 5.57. The van der Waals surface area contributed by atoms with Crippen LogP contribution in [0.15, 0.2) is 48.5 Å². The minimum Gasteiger partial charge on any atom is -0.496 e. The van der Waals surface area contributed by atoms with Gasteiger partial charge in [-0.2, -0.15) is 0 Å². The third-order valence-corrected chi connectivity index (χ3v) is 5.51. The highest BCUT2D eigenvalue weighted by Crippen LogP contribution is 2.48. The number of ether oxygens (including phenoxy) is 6. The van der Waals surface area contributed by atoms with Crippen LogP contribution in [0.25, 0.3) is 0 Å². The van der Waals surface area contributed by atoms with Gasteiger partial charge in [-0.1, -0.05) is 23.7 Å². The molecule has 0 aliphatic carbocycles. The van der Waals surface area contributed by atoms with Crippen molar-refractivity contribution < 1.29 is 28.4 Å². The molecule has 0 atom stereocenters. The van der Waals surface area contributed by atoms with Crippen molar-refractivity contribution in [2.75, 3.05) is 42.7 Å². The second-order valence-corrected chi connectivity index (χ2v) is 7.32. The Bertz CT molecular complexity index is 1020. The molecule has 6 nitrogen and oxygen atoms in total. The minimum absolute atomic E-state index is 0.321. The zero-order valence-corrected chi connectivity index (χ0v) is 19.8. The van der Waals surface area contributed by atoms with E-state index in [2.05, 4.69) is 0 Å². The summed E-state index contributed by atoms with van der Waals surface area (Å²) < 4.78 is 33.6. The number of hydrogen-bond acceptors (Lipinski definition) is 6. The van der Waals surface area contributed by atoms with Gasteiger partial charge in [0, 0.05) is 34.2 Å². The highest BCUT2D eigenvalue weighted by atomic mass is 35.5. The van der Waals surface area contributed by atoms with E-state index in [4.69, 9.17) is 40.0 Å². The van der Waals surface area contributed by atoms with Crippen molar-refractivity contribution in [2.24, 2.45) is 0 Å². The Balaban J connectivity index is 2.38. The van der Waals surface area contributed by atoms with Crippen LogP contribution < -0.4 is 28.4 Å². The molecule has 0 unspecified atom stereocenters. The summed E-state index contributed by atoms with van der Waals surface area (Å²) in [6.45, 7) is 0. The summed E-state index contributed by atoms with van der Waals surface area (Å²) in [7, 11) is 9.60. The van der Waals surface area contributed by atoms with Crippen LogP contribution in [0.5, 0.6) is 34.5 Å². The number of rotatable bonds is 9. The summed E-state index contributed by atoms with van der Waals surface area (Å²) in [5.74, 6) is 3.23. The zero-order valence-electron chi connectivity index (χ0n) is 19.0. The fourth-order valence-corrected chi connectivity index (χ4v) is 3.97. The molecule has 0 aliphatic rings. The monoisotopic (exact) mass is 458 g/mol. The average Bonchev–Trinajstić information content (AvgIpc) is 2.83. The van der Waals surface area contributed by atoms with Crippen molar-refractivity contribution in [3.05, 3.63) is 70.2 Å². The van der Waals surface area contributed by atoms with Crippen LogP contribution >= 0.6 is 11.6 Å².